The molecule has 0 heterocycles. The lowest BCUT2D eigenvalue weighted by Gasteiger charge is -2.17. The van der Waals surface area contributed by atoms with Crippen LogP contribution in [0.5, 0.6) is 0 Å². The van der Waals surface area contributed by atoms with Crippen molar-refractivity contribution < 1.29 is 14.6 Å². The average Bonchev–Trinajstić information content (AvgIpc) is 2.28. The van der Waals surface area contributed by atoms with Gasteiger partial charge in [-0.1, -0.05) is 30.3 Å². The van der Waals surface area contributed by atoms with E-state index in [1.807, 2.05) is 44.2 Å². The zero-order valence-corrected chi connectivity index (χ0v) is 10.2. The molecule has 4 nitrogen and oxygen atoms in total. The van der Waals surface area contributed by atoms with Gasteiger partial charge in [0.1, 0.15) is 6.10 Å². The Bertz CT molecular complexity index is 338. The first-order chi connectivity index (χ1) is 8.11. The molecule has 0 saturated carbocycles. The van der Waals surface area contributed by atoms with Crippen LogP contribution in [0.3, 0.4) is 0 Å². The molecule has 0 fully saturated rings. The lowest BCUT2D eigenvalue weighted by atomic mass is 10.1. The number of hydrogen-bond acceptors (Lipinski definition) is 3. The molecular formula is C13H19NO3. The molecule has 1 unspecified atom stereocenters. The molecule has 0 radical (unpaired) electrons. The van der Waals surface area contributed by atoms with Gasteiger partial charge in [-0.2, -0.15) is 0 Å². The number of nitrogens with one attached hydrogen (secondary N) is 1. The number of carbonyl (C=O) groups is 1. The van der Waals surface area contributed by atoms with Gasteiger partial charge in [-0.15, -0.1) is 0 Å². The number of carbonyl (C=O) groups excluding carboxylic acids is 1. The van der Waals surface area contributed by atoms with Gasteiger partial charge in [0.15, 0.2) is 0 Å². The highest BCUT2D eigenvalue weighted by atomic mass is 16.6. The van der Waals surface area contributed by atoms with Crippen molar-refractivity contribution in [2.45, 2.75) is 32.4 Å². The standard InChI is InChI=1S/C13H19NO3/c1-10(2)14-13(16)17-12(9-15)8-11-6-4-3-5-7-11/h3-7,10,12,15H,8-9H2,1-2H3,(H,14,16). The zero-order valence-electron chi connectivity index (χ0n) is 10.2. The molecule has 1 aromatic rings. The molecule has 0 saturated heterocycles. The van der Waals surface area contributed by atoms with E-state index in [4.69, 9.17) is 9.84 Å². The molecule has 0 aliphatic heterocycles. The third-order valence-corrected chi connectivity index (χ3v) is 2.19. The summed E-state index contributed by atoms with van der Waals surface area (Å²) >= 11 is 0. The minimum Gasteiger partial charge on any atom is -0.443 e. The van der Waals surface area contributed by atoms with Crippen molar-refractivity contribution in [2.24, 2.45) is 0 Å². The highest BCUT2D eigenvalue weighted by Gasteiger charge is 2.14. The highest BCUT2D eigenvalue weighted by Crippen LogP contribution is 2.06. The molecule has 0 spiro atoms. The third kappa shape index (κ3) is 5.36. The van der Waals surface area contributed by atoms with E-state index >= 15 is 0 Å². The summed E-state index contributed by atoms with van der Waals surface area (Å²) in [4.78, 5) is 11.4. The van der Waals surface area contributed by atoms with Crippen LogP contribution in [0.1, 0.15) is 19.4 Å². The summed E-state index contributed by atoms with van der Waals surface area (Å²) in [6.45, 7) is 3.53. The van der Waals surface area contributed by atoms with Crippen LogP contribution in [-0.4, -0.2) is 30.0 Å². The quantitative estimate of drug-likeness (QED) is 0.820. The minimum atomic E-state index is -0.504. The molecule has 2 N–H and O–H groups in total. The first-order valence-electron chi connectivity index (χ1n) is 5.73. The van der Waals surface area contributed by atoms with Crippen LogP contribution in [0, 0.1) is 0 Å². The van der Waals surface area contributed by atoms with Crippen LogP contribution >= 0.6 is 0 Å². The van der Waals surface area contributed by atoms with Crippen molar-refractivity contribution >= 4 is 6.09 Å². The molecule has 17 heavy (non-hydrogen) atoms. The maximum atomic E-state index is 11.4. The van der Waals surface area contributed by atoms with Gasteiger partial charge < -0.3 is 15.2 Å². The smallest absolute Gasteiger partial charge is 0.407 e. The van der Waals surface area contributed by atoms with Crippen molar-refractivity contribution in [1.29, 1.82) is 0 Å². The first kappa shape index (κ1) is 13.5. The summed E-state index contributed by atoms with van der Waals surface area (Å²) in [6, 6.07) is 9.65. The Labute approximate surface area is 102 Å². The predicted molar refractivity (Wildman–Crippen MR) is 65.8 cm³/mol. The Morgan fingerprint density at radius 1 is 1.35 bits per heavy atom. The number of aliphatic hydroxyl groups excluding tert-OH is 1. The van der Waals surface area contributed by atoms with Gasteiger partial charge in [0.2, 0.25) is 0 Å². The molecule has 1 rings (SSSR count). The van der Waals surface area contributed by atoms with Crippen molar-refractivity contribution in [3.63, 3.8) is 0 Å². The van der Waals surface area contributed by atoms with E-state index in [1.165, 1.54) is 0 Å². The van der Waals surface area contributed by atoms with Crippen LogP contribution in [0.25, 0.3) is 0 Å². The van der Waals surface area contributed by atoms with Gasteiger partial charge in [0.05, 0.1) is 6.61 Å². The molecule has 0 bridgehead atoms. The number of ether oxygens (including phenoxy) is 1. The lowest BCUT2D eigenvalue weighted by Crippen LogP contribution is -2.35. The number of aliphatic hydroxyl groups is 1. The van der Waals surface area contributed by atoms with Gasteiger partial charge in [-0.3, -0.25) is 0 Å². The van der Waals surface area contributed by atoms with Crippen molar-refractivity contribution in [1.82, 2.24) is 5.32 Å². The maximum Gasteiger partial charge on any atom is 0.407 e. The van der Waals surface area contributed by atoms with E-state index in [2.05, 4.69) is 5.32 Å². The second-order valence-corrected chi connectivity index (χ2v) is 4.20. The zero-order chi connectivity index (χ0) is 12.7. The topological polar surface area (TPSA) is 58.6 Å². The first-order valence-corrected chi connectivity index (χ1v) is 5.73. The molecule has 4 heteroatoms. The molecule has 1 amide bonds. The normalized spacial score (nSPS) is 12.2. The monoisotopic (exact) mass is 237 g/mol. The van der Waals surface area contributed by atoms with Crippen molar-refractivity contribution in [3.8, 4) is 0 Å². The van der Waals surface area contributed by atoms with Gasteiger partial charge in [-0.25, -0.2) is 4.79 Å². The fourth-order valence-electron chi connectivity index (χ4n) is 1.44. The Balaban J connectivity index is 2.46. The summed E-state index contributed by atoms with van der Waals surface area (Å²) < 4.78 is 5.11. The molecule has 94 valence electrons. The summed E-state index contributed by atoms with van der Waals surface area (Å²) in [6.07, 6.45) is -0.478. The molecule has 0 aliphatic carbocycles. The Kier molecular flexibility index (Phi) is 5.49. The lowest BCUT2D eigenvalue weighted by molar-refractivity contribution is 0.0566. The Morgan fingerprint density at radius 2 is 2.00 bits per heavy atom. The number of amides is 1. The fourth-order valence-corrected chi connectivity index (χ4v) is 1.44. The fraction of sp³-hybridized carbons (Fsp3) is 0.462. The van der Waals surface area contributed by atoms with Crippen LogP contribution in [0.15, 0.2) is 30.3 Å². The number of alkyl carbamates (subject to hydrolysis) is 1. The Hall–Kier alpha value is -1.55. The summed E-state index contributed by atoms with van der Waals surface area (Å²) in [5.41, 5.74) is 1.03. The van der Waals surface area contributed by atoms with Crippen LogP contribution in [0.2, 0.25) is 0 Å². The third-order valence-electron chi connectivity index (χ3n) is 2.19. The van der Waals surface area contributed by atoms with Crippen molar-refractivity contribution in [3.05, 3.63) is 35.9 Å². The second-order valence-electron chi connectivity index (χ2n) is 4.20. The van der Waals surface area contributed by atoms with E-state index in [9.17, 15) is 4.79 Å². The van der Waals surface area contributed by atoms with E-state index in [0.29, 0.717) is 6.42 Å². The number of hydrogen-bond donors (Lipinski definition) is 2. The van der Waals surface area contributed by atoms with Crippen LogP contribution < -0.4 is 5.32 Å². The van der Waals surface area contributed by atoms with Gasteiger partial charge in [0, 0.05) is 12.5 Å². The van der Waals surface area contributed by atoms with E-state index in [1.54, 1.807) is 0 Å². The van der Waals surface area contributed by atoms with Gasteiger partial charge in [-0.05, 0) is 19.4 Å². The summed E-state index contributed by atoms with van der Waals surface area (Å²) in [5, 5.41) is 11.8. The molecule has 1 aromatic carbocycles. The highest BCUT2D eigenvalue weighted by molar-refractivity contribution is 5.67. The largest absolute Gasteiger partial charge is 0.443 e. The molecular weight excluding hydrogens is 218 g/mol. The van der Waals surface area contributed by atoms with Crippen molar-refractivity contribution in [2.75, 3.05) is 6.61 Å². The minimum absolute atomic E-state index is 0.0265. The molecule has 0 aromatic heterocycles. The average molecular weight is 237 g/mol. The van der Waals surface area contributed by atoms with E-state index in [0.717, 1.165) is 5.56 Å². The molecule has 0 aliphatic rings. The van der Waals surface area contributed by atoms with E-state index in [-0.39, 0.29) is 12.6 Å². The van der Waals surface area contributed by atoms with E-state index < -0.39 is 12.2 Å². The summed E-state index contributed by atoms with van der Waals surface area (Å²) in [7, 11) is 0. The van der Waals surface area contributed by atoms with Gasteiger partial charge in [0.25, 0.3) is 0 Å². The predicted octanol–water partition coefficient (Wildman–Crippen LogP) is 1.72. The summed E-state index contributed by atoms with van der Waals surface area (Å²) in [5.74, 6) is 0. The number of benzene rings is 1. The van der Waals surface area contributed by atoms with Crippen LogP contribution in [0.4, 0.5) is 4.79 Å². The van der Waals surface area contributed by atoms with Gasteiger partial charge >= 0.3 is 6.09 Å². The SMILES string of the molecule is CC(C)NC(=O)OC(CO)Cc1ccccc1. The maximum absolute atomic E-state index is 11.4. The Morgan fingerprint density at radius 3 is 2.53 bits per heavy atom. The molecule has 1 atom stereocenters. The van der Waals surface area contributed by atoms with Crippen LogP contribution in [-0.2, 0) is 11.2 Å². The number of rotatable bonds is 5. The second kappa shape index (κ2) is 6.91.